The molecule has 2 atom stereocenters. The van der Waals surface area contributed by atoms with Gasteiger partial charge in [0.25, 0.3) is 0 Å². The van der Waals surface area contributed by atoms with Gasteiger partial charge in [-0.1, -0.05) is 31.4 Å². The molecule has 2 rings (SSSR count). The SMILES string of the molecule is COc1ccc(Cl)cc1CC1(O)CCCCC1C. The summed E-state index contributed by atoms with van der Waals surface area (Å²) in [7, 11) is 1.65. The lowest BCUT2D eigenvalue weighted by molar-refractivity contribution is -0.0408. The van der Waals surface area contributed by atoms with Crippen molar-refractivity contribution < 1.29 is 9.84 Å². The maximum absolute atomic E-state index is 10.8. The Morgan fingerprint density at radius 3 is 2.89 bits per heavy atom. The summed E-state index contributed by atoms with van der Waals surface area (Å²) < 4.78 is 5.35. The number of hydrogen-bond acceptors (Lipinski definition) is 2. The standard InChI is InChI=1S/C15H21ClO2/c1-11-5-3-4-8-15(11,17)10-12-9-13(16)6-7-14(12)18-2/h6-7,9,11,17H,3-5,8,10H2,1-2H3. The number of benzene rings is 1. The first-order chi connectivity index (χ1) is 8.55. The fourth-order valence-electron chi connectivity index (χ4n) is 2.87. The quantitative estimate of drug-likeness (QED) is 0.903. The number of aliphatic hydroxyl groups is 1. The van der Waals surface area contributed by atoms with E-state index in [2.05, 4.69) is 6.92 Å². The van der Waals surface area contributed by atoms with Crippen molar-refractivity contribution in [3.8, 4) is 5.75 Å². The molecular formula is C15H21ClO2. The van der Waals surface area contributed by atoms with Crippen molar-refractivity contribution in [2.75, 3.05) is 7.11 Å². The van der Waals surface area contributed by atoms with Gasteiger partial charge >= 0.3 is 0 Å². The van der Waals surface area contributed by atoms with E-state index in [4.69, 9.17) is 16.3 Å². The van der Waals surface area contributed by atoms with Crippen LogP contribution in [0.5, 0.6) is 5.75 Å². The molecule has 0 spiro atoms. The van der Waals surface area contributed by atoms with E-state index >= 15 is 0 Å². The Kier molecular flexibility index (Phi) is 4.18. The maximum Gasteiger partial charge on any atom is 0.122 e. The summed E-state index contributed by atoms with van der Waals surface area (Å²) in [5, 5.41) is 11.5. The van der Waals surface area contributed by atoms with Gasteiger partial charge in [-0.15, -0.1) is 0 Å². The van der Waals surface area contributed by atoms with Crippen LogP contribution in [0.1, 0.15) is 38.2 Å². The number of methoxy groups -OCH3 is 1. The van der Waals surface area contributed by atoms with Crippen LogP contribution in [0.15, 0.2) is 18.2 Å². The lowest BCUT2D eigenvalue weighted by Gasteiger charge is -2.38. The molecule has 1 aliphatic rings. The highest BCUT2D eigenvalue weighted by Crippen LogP contribution is 2.38. The topological polar surface area (TPSA) is 29.5 Å². The molecule has 0 heterocycles. The van der Waals surface area contributed by atoms with Crippen LogP contribution in [0.25, 0.3) is 0 Å². The number of ether oxygens (including phenoxy) is 1. The van der Waals surface area contributed by atoms with Crippen molar-refractivity contribution in [2.45, 2.75) is 44.6 Å². The van der Waals surface area contributed by atoms with Gasteiger partial charge in [-0.3, -0.25) is 0 Å². The fraction of sp³-hybridized carbons (Fsp3) is 0.600. The van der Waals surface area contributed by atoms with Gasteiger partial charge in [0.1, 0.15) is 5.75 Å². The zero-order valence-corrected chi connectivity index (χ0v) is 11.8. The molecule has 0 radical (unpaired) electrons. The first kappa shape index (κ1) is 13.7. The van der Waals surface area contributed by atoms with E-state index in [1.54, 1.807) is 7.11 Å². The van der Waals surface area contributed by atoms with Crippen LogP contribution in [0.2, 0.25) is 5.02 Å². The molecule has 1 aliphatic carbocycles. The molecule has 1 aromatic carbocycles. The van der Waals surface area contributed by atoms with Gasteiger partial charge in [0.05, 0.1) is 12.7 Å². The predicted octanol–water partition coefficient (Wildman–Crippen LogP) is 3.83. The molecule has 0 aliphatic heterocycles. The Hall–Kier alpha value is -0.730. The van der Waals surface area contributed by atoms with Gasteiger partial charge in [-0.2, -0.15) is 0 Å². The van der Waals surface area contributed by atoms with Crippen LogP contribution < -0.4 is 4.74 Å². The molecule has 1 aromatic rings. The third-order valence-corrected chi connectivity index (χ3v) is 4.39. The highest BCUT2D eigenvalue weighted by Gasteiger charge is 2.36. The first-order valence-electron chi connectivity index (χ1n) is 6.60. The largest absolute Gasteiger partial charge is 0.496 e. The van der Waals surface area contributed by atoms with Crippen molar-refractivity contribution in [3.05, 3.63) is 28.8 Å². The van der Waals surface area contributed by atoms with Crippen LogP contribution >= 0.6 is 11.6 Å². The lowest BCUT2D eigenvalue weighted by atomic mass is 9.73. The normalized spacial score (nSPS) is 28.1. The Labute approximate surface area is 114 Å². The number of hydrogen-bond donors (Lipinski definition) is 1. The molecule has 1 N–H and O–H groups in total. The van der Waals surface area contributed by atoms with E-state index in [0.29, 0.717) is 17.4 Å². The molecule has 3 heteroatoms. The van der Waals surface area contributed by atoms with Crippen LogP contribution in [-0.2, 0) is 6.42 Å². The predicted molar refractivity (Wildman–Crippen MR) is 74.3 cm³/mol. The number of rotatable bonds is 3. The fourth-order valence-corrected chi connectivity index (χ4v) is 3.07. The van der Waals surface area contributed by atoms with Crippen LogP contribution in [-0.4, -0.2) is 17.8 Å². The minimum atomic E-state index is -0.615. The molecule has 0 amide bonds. The summed E-state index contributed by atoms with van der Waals surface area (Å²) in [6.45, 7) is 2.14. The van der Waals surface area contributed by atoms with Crippen LogP contribution in [0.3, 0.4) is 0 Å². The smallest absolute Gasteiger partial charge is 0.122 e. The third kappa shape index (κ3) is 2.81. The van der Waals surface area contributed by atoms with Gasteiger partial charge in [0.2, 0.25) is 0 Å². The minimum Gasteiger partial charge on any atom is -0.496 e. The summed E-state index contributed by atoms with van der Waals surface area (Å²) in [4.78, 5) is 0. The lowest BCUT2D eigenvalue weighted by Crippen LogP contribution is -2.41. The second-order valence-electron chi connectivity index (χ2n) is 5.38. The zero-order chi connectivity index (χ0) is 13.2. The van der Waals surface area contributed by atoms with Crippen LogP contribution in [0.4, 0.5) is 0 Å². The molecule has 1 saturated carbocycles. The Morgan fingerprint density at radius 2 is 2.22 bits per heavy atom. The zero-order valence-electron chi connectivity index (χ0n) is 11.1. The molecular weight excluding hydrogens is 248 g/mol. The van der Waals surface area contributed by atoms with Crippen molar-refractivity contribution in [1.82, 2.24) is 0 Å². The Balaban J connectivity index is 2.24. The van der Waals surface area contributed by atoms with Gasteiger partial charge in [0, 0.05) is 11.4 Å². The third-order valence-electron chi connectivity index (χ3n) is 4.15. The van der Waals surface area contributed by atoms with E-state index in [1.807, 2.05) is 18.2 Å². The number of halogens is 1. The van der Waals surface area contributed by atoms with Crippen molar-refractivity contribution in [3.63, 3.8) is 0 Å². The Morgan fingerprint density at radius 1 is 1.44 bits per heavy atom. The van der Waals surface area contributed by atoms with Gasteiger partial charge < -0.3 is 9.84 Å². The molecule has 1 fully saturated rings. The highest BCUT2D eigenvalue weighted by molar-refractivity contribution is 6.30. The van der Waals surface area contributed by atoms with Gasteiger partial charge in [-0.25, -0.2) is 0 Å². The van der Waals surface area contributed by atoms with E-state index in [-0.39, 0.29) is 0 Å². The average Bonchev–Trinajstić information content (AvgIpc) is 2.33. The minimum absolute atomic E-state index is 0.329. The second kappa shape index (κ2) is 5.50. The van der Waals surface area contributed by atoms with E-state index < -0.39 is 5.60 Å². The van der Waals surface area contributed by atoms with Crippen LogP contribution in [0, 0.1) is 5.92 Å². The molecule has 2 nitrogen and oxygen atoms in total. The van der Waals surface area contributed by atoms with Crippen molar-refractivity contribution >= 4 is 11.6 Å². The molecule has 18 heavy (non-hydrogen) atoms. The van der Waals surface area contributed by atoms with E-state index in [9.17, 15) is 5.11 Å². The second-order valence-corrected chi connectivity index (χ2v) is 5.82. The Bertz CT molecular complexity index is 419. The summed E-state index contributed by atoms with van der Waals surface area (Å²) in [6.07, 6.45) is 4.90. The van der Waals surface area contributed by atoms with E-state index in [1.165, 1.54) is 6.42 Å². The summed E-state index contributed by atoms with van der Waals surface area (Å²) in [5.74, 6) is 1.14. The molecule has 0 aromatic heterocycles. The van der Waals surface area contributed by atoms with Gasteiger partial charge in [0.15, 0.2) is 0 Å². The van der Waals surface area contributed by atoms with Gasteiger partial charge in [-0.05, 0) is 42.5 Å². The molecule has 0 bridgehead atoms. The van der Waals surface area contributed by atoms with Crippen molar-refractivity contribution in [1.29, 1.82) is 0 Å². The first-order valence-corrected chi connectivity index (χ1v) is 6.98. The molecule has 100 valence electrons. The highest BCUT2D eigenvalue weighted by atomic mass is 35.5. The molecule has 2 unspecified atom stereocenters. The summed E-state index contributed by atoms with van der Waals surface area (Å²) in [5.41, 5.74) is 0.386. The summed E-state index contributed by atoms with van der Waals surface area (Å²) in [6, 6.07) is 5.59. The van der Waals surface area contributed by atoms with E-state index in [0.717, 1.165) is 30.6 Å². The monoisotopic (exact) mass is 268 g/mol. The van der Waals surface area contributed by atoms with Crippen molar-refractivity contribution in [2.24, 2.45) is 5.92 Å². The molecule has 0 saturated heterocycles. The summed E-state index contributed by atoms with van der Waals surface area (Å²) >= 11 is 6.04. The maximum atomic E-state index is 10.8. The average molecular weight is 269 g/mol.